The van der Waals surface area contributed by atoms with Crippen LogP contribution < -0.4 is 14.8 Å². The van der Waals surface area contributed by atoms with E-state index in [9.17, 15) is 0 Å². The summed E-state index contributed by atoms with van der Waals surface area (Å²) in [5.41, 5.74) is 2.26. The van der Waals surface area contributed by atoms with Crippen molar-refractivity contribution in [3.8, 4) is 11.5 Å². The van der Waals surface area contributed by atoms with Crippen LogP contribution in [0.25, 0.3) is 0 Å². The third kappa shape index (κ3) is 4.02. The summed E-state index contributed by atoms with van der Waals surface area (Å²) in [4.78, 5) is 0. The van der Waals surface area contributed by atoms with E-state index in [0.717, 1.165) is 42.0 Å². The maximum absolute atomic E-state index is 5.51. The van der Waals surface area contributed by atoms with Gasteiger partial charge in [0.1, 0.15) is 11.5 Å². The SMILES string of the molecule is CCCNC(Cc1ccoc1)c1cc(OC)ccc1OC. The van der Waals surface area contributed by atoms with Crippen molar-refractivity contribution in [1.82, 2.24) is 5.32 Å². The second-order valence-corrected chi connectivity index (χ2v) is 4.95. The third-order valence-corrected chi connectivity index (χ3v) is 3.47. The number of furan rings is 1. The number of hydrogen-bond donors (Lipinski definition) is 1. The van der Waals surface area contributed by atoms with E-state index in [2.05, 4.69) is 12.2 Å². The van der Waals surface area contributed by atoms with Crippen LogP contribution in [0.1, 0.15) is 30.5 Å². The Labute approximate surface area is 126 Å². The Kier molecular flexibility index (Phi) is 5.69. The second-order valence-electron chi connectivity index (χ2n) is 4.95. The monoisotopic (exact) mass is 289 g/mol. The van der Waals surface area contributed by atoms with Gasteiger partial charge < -0.3 is 19.2 Å². The largest absolute Gasteiger partial charge is 0.497 e. The van der Waals surface area contributed by atoms with Crippen molar-refractivity contribution in [2.75, 3.05) is 20.8 Å². The van der Waals surface area contributed by atoms with Crippen molar-refractivity contribution in [2.24, 2.45) is 0 Å². The van der Waals surface area contributed by atoms with E-state index < -0.39 is 0 Å². The van der Waals surface area contributed by atoms with Crippen molar-refractivity contribution < 1.29 is 13.9 Å². The lowest BCUT2D eigenvalue weighted by Crippen LogP contribution is -2.24. The number of rotatable bonds is 8. The number of benzene rings is 1. The molecule has 4 nitrogen and oxygen atoms in total. The highest BCUT2D eigenvalue weighted by molar-refractivity contribution is 5.42. The molecule has 1 unspecified atom stereocenters. The number of ether oxygens (including phenoxy) is 2. The maximum atomic E-state index is 5.51. The van der Waals surface area contributed by atoms with E-state index in [1.807, 2.05) is 24.3 Å². The van der Waals surface area contributed by atoms with E-state index in [0.29, 0.717) is 0 Å². The fourth-order valence-electron chi connectivity index (χ4n) is 2.37. The van der Waals surface area contributed by atoms with Crippen LogP contribution in [0.4, 0.5) is 0 Å². The standard InChI is InChI=1S/C17H23NO3/c1-4-8-18-16(10-13-7-9-21-12-13)15-11-14(19-2)5-6-17(15)20-3/h5-7,9,11-12,16,18H,4,8,10H2,1-3H3. The molecule has 0 aliphatic rings. The summed E-state index contributed by atoms with van der Waals surface area (Å²) in [5, 5.41) is 3.57. The molecule has 1 N–H and O–H groups in total. The molecule has 2 aromatic rings. The fraction of sp³-hybridized carbons (Fsp3) is 0.412. The van der Waals surface area contributed by atoms with Crippen LogP contribution in [-0.4, -0.2) is 20.8 Å². The molecular formula is C17H23NO3. The normalized spacial score (nSPS) is 12.1. The van der Waals surface area contributed by atoms with Crippen LogP contribution >= 0.6 is 0 Å². The van der Waals surface area contributed by atoms with Gasteiger partial charge in [-0.3, -0.25) is 0 Å². The highest BCUT2D eigenvalue weighted by Gasteiger charge is 2.17. The number of nitrogens with one attached hydrogen (secondary N) is 1. The summed E-state index contributed by atoms with van der Waals surface area (Å²) in [6.45, 7) is 3.10. The van der Waals surface area contributed by atoms with Gasteiger partial charge in [-0.2, -0.15) is 0 Å². The van der Waals surface area contributed by atoms with E-state index in [4.69, 9.17) is 13.9 Å². The molecular weight excluding hydrogens is 266 g/mol. The Bertz CT molecular complexity index is 537. The molecule has 1 heterocycles. The Morgan fingerprint density at radius 1 is 1.19 bits per heavy atom. The molecule has 2 rings (SSSR count). The topological polar surface area (TPSA) is 43.6 Å². The molecule has 0 amide bonds. The summed E-state index contributed by atoms with van der Waals surface area (Å²) >= 11 is 0. The summed E-state index contributed by atoms with van der Waals surface area (Å²) in [6, 6.07) is 8.05. The molecule has 1 atom stereocenters. The van der Waals surface area contributed by atoms with Crippen molar-refractivity contribution in [3.05, 3.63) is 47.9 Å². The van der Waals surface area contributed by atoms with Gasteiger partial charge in [0.15, 0.2) is 0 Å². The van der Waals surface area contributed by atoms with Crippen LogP contribution in [0, 0.1) is 0 Å². The van der Waals surface area contributed by atoms with Gasteiger partial charge >= 0.3 is 0 Å². The van der Waals surface area contributed by atoms with Gasteiger partial charge in [0.05, 0.1) is 26.7 Å². The van der Waals surface area contributed by atoms with Crippen molar-refractivity contribution >= 4 is 0 Å². The molecule has 0 fully saturated rings. The zero-order valence-corrected chi connectivity index (χ0v) is 12.9. The molecule has 114 valence electrons. The van der Waals surface area contributed by atoms with Gasteiger partial charge in [0.2, 0.25) is 0 Å². The Morgan fingerprint density at radius 3 is 2.67 bits per heavy atom. The predicted molar refractivity (Wildman–Crippen MR) is 83.0 cm³/mol. The van der Waals surface area contributed by atoms with Gasteiger partial charge in [0, 0.05) is 11.6 Å². The van der Waals surface area contributed by atoms with Crippen molar-refractivity contribution in [3.63, 3.8) is 0 Å². The molecule has 4 heteroatoms. The first-order chi connectivity index (χ1) is 10.3. The first-order valence-electron chi connectivity index (χ1n) is 7.24. The molecule has 1 aromatic heterocycles. The first-order valence-corrected chi connectivity index (χ1v) is 7.24. The van der Waals surface area contributed by atoms with Crippen LogP contribution in [-0.2, 0) is 6.42 Å². The Hall–Kier alpha value is -1.94. The smallest absolute Gasteiger partial charge is 0.123 e. The maximum Gasteiger partial charge on any atom is 0.123 e. The quantitative estimate of drug-likeness (QED) is 0.806. The first kappa shape index (κ1) is 15.4. The minimum Gasteiger partial charge on any atom is -0.497 e. The van der Waals surface area contributed by atoms with Crippen LogP contribution in [0.2, 0.25) is 0 Å². The summed E-state index contributed by atoms with van der Waals surface area (Å²) in [6.07, 6.45) is 5.41. The molecule has 0 radical (unpaired) electrons. The molecule has 0 saturated carbocycles. The lowest BCUT2D eigenvalue weighted by Gasteiger charge is -2.21. The fourth-order valence-corrected chi connectivity index (χ4v) is 2.37. The van der Waals surface area contributed by atoms with Gasteiger partial charge in [-0.05, 0) is 49.2 Å². The van der Waals surface area contributed by atoms with Gasteiger partial charge in [0.25, 0.3) is 0 Å². The van der Waals surface area contributed by atoms with Crippen LogP contribution in [0.3, 0.4) is 0 Å². The molecule has 1 aromatic carbocycles. The van der Waals surface area contributed by atoms with Gasteiger partial charge in [-0.15, -0.1) is 0 Å². The highest BCUT2D eigenvalue weighted by Crippen LogP contribution is 2.31. The Morgan fingerprint density at radius 2 is 2.05 bits per heavy atom. The molecule has 0 saturated heterocycles. The zero-order chi connectivity index (χ0) is 15.1. The van der Waals surface area contributed by atoms with Crippen molar-refractivity contribution in [1.29, 1.82) is 0 Å². The average Bonchev–Trinajstić information content (AvgIpc) is 3.03. The summed E-state index contributed by atoms with van der Waals surface area (Å²) in [5.74, 6) is 1.70. The van der Waals surface area contributed by atoms with Gasteiger partial charge in [-0.25, -0.2) is 0 Å². The molecule has 0 aliphatic carbocycles. The number of hydrogen-bond acceptors (Lipinski definition) is 4. The average molecular weight is 289 g/mol. The predicted octanol–water partition coefficient (Wildman–Crippen LogP) is 3.58. The molecule has 0 bridgehead atoms. The third-order valence-electron chi connectivity index (χ3n) is 3.47. The molecule has 0 aliphatic heterocycles. The second kappa shape index (κ2) is 7.74. The van der Waals surface area contributed by atoms with Crippen LogP contribution in [0.5, 0.6) is 11.5 Å². The van der Waals surface area contributed by atoms with E-state index in [1.165, 1.54) is 0 Å². The highest BCUT2D eigenvalue weighted by atomic mass is 16.5. The number of methoxy groups -OCH3 is 2. The van der Waals surface area contributed by atoms with E-state index in [1.54, 1.807) is 26.7 Å². The Balaban J connectivity index is 2.29. The van der Waals surface area contributed by atoms with Gasteiger partial charge in [-0.1, -0.05) is 6.92 Å². The minimum atomic E-state index is 0.160. The summed E-state index contributed by atoms with van der Waals surface area (Å²) < 4.78 is 16.0. The molecule has 0 spiro atoms. The van der Waals surface area contributed by atoms with E-state index >= 15 is 0 Å². The van der Waals surface area contributed by atoms with Crippen LogP contribution in [0.15, 0.2) is 41.2 Å². The van der Waals surface area contributed by atoms with Crippen molar-refractivity contribution in [2.45, 2.75) is 25.8 Å². The summed E-state index contributed by atoms with van der Waals surface area (Å²) in [7, 11) is 3.37. The van der Waals surface area contributed by atoms with E-state index in [-0.39, 0.29) is 6.04 Å². The lowest BCUT2D eigenvalue weighted by molar-refractivity contribution is 0.388. The zero-order valence-electron chi connectivity index (χ0n) is 12.9. The molecule has 21 heavy (non-hydrogen) atoms. The minimum absolute atomic E-state index is 0.160. The lowest BCUT2D eigenvalue weighted by atomic mass is 9.99.